The maximum Gasteiger partial charge on any atom is 0.0592 e. The van der Waals surface area contributed by atoms with Crippen molar-refractivity contribution in [3.8, 4) is 0 Å². The SMILES string of the molecule is CCCNC(c1cccc(Cl)c1)c1cncc(Br)c1. The number of hydrogen-bond acceptors (Lipinski definition) is 2. The van der Waals surface area contributed by atoms with Crippen LogP contribution in [0.5, 0.6) is 0 Å². The maximum absolute atomic E-state index is 6.09. The molecule has 0 saturated carbocycles. The van der Waals surface area contributed by atoms with Crippen LogP contribution in [0.1, 0.15) is 30.5 Å². The third-order valence-corrected chi connectivity index (χ3v) is 3.51. The number of rotatable bonds is 5. The first-order valence-electron chi connectivity index (χ1n) is 6.30. The van der Waals surface area contributed by atoms with E-state index in [0.29, 0.717) is 0 Å². The number of halogens is 2. The highest BCUT2D eigenvalue weighted by molar-refractivity contribution is 9.10. The molecule has 0 aliphatic rings. The van der Waals surface area contributed by atoms with Gasteiger partial charge in [-0.3, -0.25) is 4.98 Å². The van der Waals surface area contributed by atoms with Crippen LogP contribution in [0.2, 0.25) is 5.02 Å². The monoisotopic (exact) mass is 338 g/mol. The number of pyridine rings is 1. The summed E-state index contributed by atoms with van der Waals surface area (Å²) in [5, 5.41) is 4.29. The molecule has 0 saturated heterocycles. The molecule has 0 bridgehead atoms. The summed E-state index contributed by atoms with van der Waals surface area (Å²) < 4.78 is 0.982. The molecule has 0 aliphatic carbocycles. The van der Waals surface area contributed by atoms with Crippen molar-refractivity contribution in [2.75, 3.05) is 6.54 Å². The number of nitrogens with one attached hydrogen (secondary N) is 1. The zero-order valence-electron chi connectivity index (χ0n) is 10.7. The van der Waals surface area contributed by atoms with Gasteiger partial charge in [0.05, 0.1) is 6.04 Å². The Morgan fingerprint density at radius 2 is 2.11 bits per heavy atom. The highest BCUT2D eigenvalue weighted by Crippen LogP contribution is 2.25. The Balaban J connectivity index is 2.35. The van der Waals surface area contributed by atoms with Gasteiger partial charge in [0.1, 0.15) is 0 Å². The first-order chi connectivity index (χ1) is 9.20. The molecule has 2 aromatic rings. The molecule has 1 unspecified atom stereocenters. The van der Waals surface area contributed by atoms with Gasteiger partial charge in [0.25, 0.3) is 0 Å². The molecular weight excluding hydrogens is 324 g/mol. The predicted octanol–water partition coefficient (Wildman–Crippen LogP) is 4.59. The summed E-state index contributed by atoms with van der Waals surface area (Å²) in [5.41, 5.74) is 2.28. The van der Waals surface area contributed by atoms with E-state index in [0.717, 1.165) is 33.6 Å². The van der Waals surface area contributed by atoms with Crippen molar-refractivity contribution in [2.24, 2.45) is 0 Å². The molecule has 0 amide bonds. The lowest BCUT2D eigenvalue weighted by atomic mass is 10.00. The van der Waals surface area contributed by atoms with E-state index in [1.807, 2.05) is 24.4 Å². The Labute approximate surface area is 127 Å². The molecule has 1 N–H and O–H groups in total. The lowest BCUT2D eigenvalue weighted by Crippen LogP contribution is -2.23. The van der Waals surface area contributed by atoms with Crippen molar-refractivity contribution in [3.63, 3.8) is 0 Å². The van der Waals surface area contributed by atoms with Crippen LogP contribution >= 0.6 is 27.5 Å². The van der Waals surface area contributed by atoms with Gasteiger partial charge in [-0.25, -0.2) is 0 Å². The maximum atomic E-state index is 6.09. The van der Waals surface area contributed by atoms with Gasteiger partial charge in [-0.2, -0.15) is 0 Å². The Morgan fingerprint density at radius 3 is 2.79 bits per heavy atom. The highest BCUT2D eigenvalue weighted by Gasteiger charge is 2.14. The van der Waals surface area contributed by atoms with E-state index in [2.05, 4.69) is 45.3 Å². The van der Waals surface area contributed by atoms with E-state index >= 15 is 0 Å². The van der Waals surface area contributed by atoms with Crippen LogP contribution in [0.4, 0.5) is 0 Å². The quantitative estimate of drug-likeness (QED) is 0.862. The molecule has 2 rings (SSSR count). The topological polar surface area (TPSA) is 24.9 Å². The molecule has 0 fully saturated rings. The second kappa shape index (κ2) is 7.04. The highest BCUT2D eigenvalue weighted by atomic mass is 79.9. The van der Waals surface area contributed by atoms with E-state index in [9.17, 15) is 0 Å². The molecule has 0 radical (unpaired) electrons. The summed E-state index contributed by atoms with van der Waals surface area (Å²) in [6.45, 7) is 3.10. The van der Waals surface area contributed by atoms with Crippen LogP contribution in [0.3, 0.4) is 0 Å². The number of hydrogen-bond donors (Lipinski definition) is 1. The second-order valence-corrected chi connectivity index (χ2v) is 5.73. The second-order valence-electron chi connectivity index (χ2n) is 4.38. The van der Waals surface area contributed by atoms with Gasteiger partial charge in [-0.15, -0.1) is 0 Å². The summed E-state index contributed by atoms with van der Waals surface area (Å²) in [6, 6.07) is 10.1. The number of benzene rings is 1. The van der Waals surface area contributed by atoms with Crippen molar-refractivity contribution in [3.05, 3.63) is 63.3 Å². The Bertz CT molecular complexity index is 500. The minimum absolute atomic E-state index is 0.114. The Morgan fingerprint density at radius 1 is 1.26 bits per heavy atom. The van der Waals surface area contributed by atoms with E-state index < -0.39 is 0 Å². The summed E-state index contributed by atoms with van der Waals surface area (Å²) in [6.07, 6.45) is 4.76. The van der Waals surface area contributed by atoms with Crippen LogP contribution in [0.25, 0.3) is 0 Å². The van der Waals surface area contributed by atoms with Gasteiger partial charge in [-0.05, 0) is 58.2 Å². The van der Waals surface area contributed by atoms with Crippen LogP contribution < -0.4 is 5.32 Å². The van der Waals surface area contributed by atoms with Gasteiger partial charge < -0.3 is 5.32 Å². The van der Waals surface area contributed by atoms with Crippen molar-refractivity contribution >= 4 is 27.5 Å². The number of aromatic nitrogens is 1. The summed E-state index contributed by atoms with van der Waals surface area (Å²) in [7, 11) is 0. The molecule has 1 aromatic heterocycles. The van der Waals surface area contributed by atoms with Crippen LogP contribution in [0.15, 0.2) is 47.2 Å². The van der Waals surface area contributed by atoms with E-state index in [1.165, 1.54) is 0 Å². The number of nitrogens with zero attached hydrogens (tertiary/aromatic N) is 1. The van der Waals surface area contributed by atoms with Gasteiger partial charge in [0, 0.05) is 21.9 Å². The first kappa shape index (κ1) is 14.5. The lowest BCUT2D eigenvalue weighted by molar-refractivity contribution is 0.597. The molecule has 0 aliphatic heterocycles. The van der Waals surface area contributed by atoms with Crippen molar-refractivity contribution < 1.29 is 0 Å². The van der Waals surface area contributed by atoms with Crippen molar-refractivity contribution in [2.45, 2.75) is 19.4 Å². The zero-order valence-corrected chi connectivity index (χ0v) is 13.1. The summed E-state index contributed by atoms with van der Waals surface area (Å²) >= 11 is 9.56. The van der Waals surface area contributed by atoms with Gasteiger partial charge in [0.2, 0.25) is 0 Å². The summed E-state index contributed by atoms with van der Waals surface area (Å²) in [4.78, 5) is 4.24. The Hall–Kier alpha value is -0.900. The van der Waals surface area contributed by atoms with Crippen LogP contribution in [0, 0.1) is 0 Å². The fourth-order valence-electron chi connectivity index (χ4n) is 1.99. The Kier molecular flexibility index (Phi) is 5.37. The van der Waals surface area contributed by atoms with E-state index in [1.54, 1.807) is 6.20 Å². The normalized spacial score (nSPS) is 12.4. The van der Waals surface area contributed by atoms with E-state index in [-0.39, 0.29) is 6.04 Å². The predicted molar refractivity (Wildman–Crippen MR) is 83.5 cm³/mol. The zero-order chi connectivity index (χ0) is 13.7. The molecule has 2 nitrogen and oxygen atoms in total. The van der Waals surface area contributed by atoms with E-state index in [4.69, 9.17) is 11.6 Å². The fraction of sp³-hybridized carbons (Fsp3) is 0.267. The average molecular weight is 340 g/mol. The molecule has 1 atom stereocenters. The standard InChI is InChI=1S/C15H16BrClN2/c1-2-6-19-15(11-4-3-5-14(17)8-11)12-7-13(16)10-18-9-12/h3-5,7-10,15,19H,2,6H2,1H3. The molecule has 100 valence electrons. The molecule has 0 spiro atoms. The molecule has 1 aromatic carbocycles. The average Bonchev–Trinajstić information content (AvgIpc) is 2.39. The van der Waals surface area contributed by atoms with Gasteiger partial charge in [0.15, 0.2) is 0 Å². The molecule has 19 heavy (non-hydrogen) atoms. The van der Waals surface area contributed by atoms with Gasteiger partial charge in [-0.1, -0.05) is 30.7 Å². The van der Waals surface area contributed by atoms with Crippen LogP contribution in [-0.2, 0) is 0 Å². The lowest BCUT2D eigenvalue weighted by Gasteiger charge is -2.19. The van der Waals surface area contributed by atoms with Gasteiger partial charge >= 0.3 is 0 Å². The molecular formula is C15H16BrClN2. The first-order valence-corrected chi connectivity index (χ1v) is 7.47. The molecule has 1 heterocycles. The van der Waals surface area contributed by atoms with Crippen molar-refractivity contribution in [1.29, 1.82) is 0 Å². The minimum Gasteiger partial charge on any atom is -0.306 e. The third kappa shape index (κ3) is 4.03. The smallest absolute Gasteiger partial charge is 0.0592 e. The minimum atomic E-state index is 0.114. The van der Waals surface area contributed by atoms with Crippen molar-refractivity contribution in [1.82, 2.24) is 10.3 Å². The third-order valence-electron chi connectivity index (χ3n) is 2.84. The summed E-state index contributed by atoms with van der Waals surface area (Å²) in [5.74, 6) is 0. The largest absolute Gasteiger partial charge is 0.306 e. The molecule has 4 heteroatoms. The fourth-order valence-corrected chi connectivity index (χ4v) is 2.57. The van der Waals surface area contributed by atoms with Crippen LogP contribution in [-0.4, -0.2) is 11.5 Å².